The minimum atomic E-state index is -0.839. The smallest absolute Gasteiger partial charge is 0.715 e. The number of rotatable bonds is 18. The summed E-state index contributed by atoms with van der Waals surface area (Å²) in [5.41, 5.74) is -2.31. The zero-order valence-electron chi connectivity index (χ0n) is 49.1. The summed E-state index contributed by atoms with van der Waals surface area (Å²) in [5, 5.41) is 21.7. The van der Waals surface area contributed by atoms with Gasteiger partial charge in [-0.15, -0.1) is 0 Å². The Morgan fingerprint density at radius 1 is 0.575 bits per heavy atom. The normalized spacial score (nSPS) is 10.8. The summed E-state index contributed by atoms with van der Waals surface area (Å²) in [5.74, 6) is -5.09. The van der Waals surface area contributed by atoms with Gasteiger partial charge >= 0.3 is 40.9 Å². The minimum absolute atomic E-state index is 0. The summed E-state index contributed by atoms with van der Waals surface area (Å²) in [6.45, 7) is 8.24. The molecule has 4 N–H and O–H groups in total. The van der Waals surface area contributed by atoms with E-state index in [2.05, 4.69) is 23.3 Å². The molecule has 0 aliphatic carbocycles. The van der Waals surface area contributed by atoms with Gasteiger partial charge in [0, 0.05) is 216 Å². The van der Waals surface area contributed by atoms with E-state index in [4.69, 9.17) is 29.8 Å². The van der Waals surface area contributed by atoms with Gasteiger partial charge in [-0.1, -0.05) is 48.5 Å². The molecule has 29 heteroatoms. The van der Waals surface area contributed by atoms with Crippen molar-refractivity contribution >= 4 is 14.8 Å². The van der Waals surface area contributed by atoms with Gasteiger partial charge in [-0.3, -0.25) is 53.2 Å². The first-order chi connectivity index (χ1) is 39.9. The number of pyridine rings is 2. The monoisotopic (exact) mass is 1860 g/mol. The second kappa shape index (κ2) is 41.9. The molecule has 0 saturated heterocycles. The van der Waals surface area contributed by atoms with Crippen LogP contribution >= 0.6 is 0 Å². The molecule has 6 radical (unpaired) electrons. The number of nitrogens with one attached hydrogen (secondary N) is 1. The van der Waals surface area contributed by atoms with Gasteiger partial charge in [0.15, 0.2) is 23.1 Å². The van der Waals surface area contributed by atoms with E-state index in [-0.39, 0.29) is 243 Å². The molecule has 18 nitrogen and oxygen atoms in total. The molecule has 8 aromatic rings. The summed E-state index contributed by atoms with van der Waals surface area (Å²) in [7, 11) is 7.92. The maximum absolute atomic E-state index is 15.4. The van der Waals surface area contributed by atoms with Gasteiger partial charge in [0.05, 0.1) is 49.8 Å². The maximum Gasteiger partial charge on any atom is 1.00 e. The van der Waals surface area contributed by atoms with Gasteiger partial charge < -0.3 is 32.7 Å². The summed E-state index contributed by atoms with van der Waals surface area (Å²) in [6, 6.07) is 25.7. The van der Waals surface area contributed by atoms with Crippen LogP contribution in [0.4, 0.5) is 26.3 Å². The van der Waals surface area contributed by atoms with Crippen LogP contribution in [0.15, 0.2) is 141 Å². The van der Waals surface area contributed by atoms with E-state index < -0.39 is 70.5 Å². The first-order valence-corrected chi connectivity index (χ1v) is 25.0. The number of benzene rings is 4. The predicted octanol–water partition coefficient (Wildman–Crippen LogP) is 4.31. The third-order valence-corrected chi connectivity index (χ3v) is 13.2. The fourth-order valence-electron chi connectivity index (χ4n) is 8.75. The third kappa shape index (κ3) is 21.6. The average Bonchev–Trinajstić information content (AvgIpc) is 2.69. The van der Waals surface area contributed by atoms with Crippen LogP contribution in [0.3, 0.4) is 0 Å². The van der Waals surface area contributed by atoms with Crippen molar-refractivity contribution in [3.05, 3.63) is 232 Å². The van der Waals surface area contributed by atoms with E-state index in [1.807, 2.05) is 49.9 Å². The van der Waals surface area contributed by atoms with Gasteiger partial charge in [-0.2, -0.15) is 0 Å². The van der Waals surface area contributed by atoms with Crippen LogP contribution in [-0.2, 0) is 44.1 Å². The Balaban J connectivity index is 0.00000150. The summed E-state index contributed by atoms with van der Waals surface area (Å²) in [4.78, 5) is 73.2. The van der Waals surface area contributed by atoms with Crippen molar-refractivity contribution in [3.63, 3.8) is 0 Å². The molecule has 2 atom stereocenters. The molecule has 0 fully saturated rings. The zero-order chi connectivity index (χ0) is 61.7. The van der Waals surface area contributed by atoms with Gasteiger partial charge in [0.2, 0.25) is 0 Å². The molecule has 4 heterocycles. The van der Waals surface area contributed by atoms with E-state index in [1.54, 1.807) is 31.5 Å². The molecule has 8 rings (SSSR count). The number of methoxy groups -OCH3 is 2. The van der Waals surface area contributed by atoms with Crippen molar-refractivity contribution in [3.8, 4) is 33.8 Å². The third-order valence-electron chi connectivity index (χ3n) is 13.2. The summed E-state index contributed by atoms with van der Waals surface area (Å²) >= 11 is 0. The molecular formula is C58H61Ac3BF6N8NaO10. The quantitative estimate of drug-likeness (QED) is 0.0407. The van der Waals surface area contributed by atoms with Crippen molar-refractivity contribution < 1.29 is 218 Å². The largest absolute Gasteiger partial charge is 1.00 e. The Morgan fingerprint density at radius 2 is 0.943 bits per heavy atom. The van der Waals surface area contributed by atoms with Crippen LogP contribution in [-0.4, -0.2) is 96.9 Å². The second-order valence-electron chi connectivity index (χ2n) is 18.2. The SMILES string of the molecule is C=O.COc1cccc(-c2c(C)n(Cc3c(F)cccc3F)c(=O)n(C[C@@H](C)N(C)Cc3ccccn3)c2=O)c1F.COc1cccc(-c2c(C)n(Cc3c(F)cccc3F)c(=O)n(C[C@@H](C)NCc3ccccn3)c2=O)c1F.OO.[Ac].[Ac].[Ac].[B-]O.[Na+]. The van der Waals surface area contributed by atoms with Gasteiger partial charge in [0.1, 0.15) is 30.1 Å². The molecule has 0 bridgehead atoms. The maximum atomic E-state index is 15.4. The first kappa shape index (κ1) is 83.6. The Hall–Kier alpha value is -3.42. The molecule has 0 aliphatic heterocycles. The zero-order valence-corrected chi connectivity index (χ0v) is 65.3. The van der Waals surface area contributed by atoms with E-state index in [1.165, 1.54) is 76.6 Å². The fourth-order valence-corrected chi connectivity index (χ4v) is 8.75. The molecule has 448 valence electrons. The molecule has 0 unspecified atom stereocenters. The van der Waals surface area contributed by atoms with Gasteiger partial charge in [0.25, 0.3) is 11.1 Å². The summed E-state index contributed by atoms with van der Waals surface area (Å²) in [6.07, 6.45) is 3.33. The number of carbonyl (C=O) groups is 1. The van der Waals surface area contributed by atoms with Crippen molar-refractivity contribution in [2.45, 2.75) is 79.0 Å². The molecule has 0 saturated carbocycles. The molecule has 4 aromatic carbocycles. The standard InChI is InChI=1S/C29H29F3N4O3.C28H27F3N4O3.CH2O.3Ac.BHO.Na.H2O2/c1-18(34(3)16-20-9-5-6-14-33-20)15-36-28(37)26(21-10-7-13-25(39-4)27(21)32)19(2)35(29(36)38)17-22-23(30)11-8-12-24(22)31;1-17(33-14-19-8-4-5-13-32-19)15-35-27(36)25(20-9-6-12-24(38-3)26(20)31)18(2)34(28(35)37)16-21-22(29)10-7-11-23(21)30;1-2;;;;1-2;;1-2/h5-14,18H,15-17H2,1-4H3;4-13,17,33H,14-16H2,1-3H3;1H2;;;;2H;;1-2H/q;;;;;;-1;+1;/t18-;17-;;;;;;;/m11......./s1. The molecule has 0 spiro atoms. The number of halogens is 6. The Morgan fingerprint density at radius 3 is 1.31 bits per heavy atom. The second-order valence-corrected chi connectivity index (χ2v) is 18.2. The van der Waals surface area contributed by atoms with Crippen molar-refractivity contribution in [1.82, 2.24) is 38.5 Å². The minimum Gasteiger partial charge on any atom is -0.715 e. The molecule has 0 amide bonds. The van der Waals surface area contributed by atoms with Crippen LogP contribution in [0.1, 0.15) is 47.8 Å². The van der Waals surface area contributed by atoms with Crippen LogP contribution in [0.5, 0.6) is 11.5 Å². The number of likely N-dealkylation sites (N-methyl/N-ethyl adjacent to an activating group) is 1. The van der Waals surface area contributed by atoms with Gasteiger partial charge in [-0.05, 0) is 95.4 Å². The summed E-state index contributed by atoms with van der Waals surface area (Å²) < 4.78 is 103. The first-order valence-electron chi connectivity index (χ1n) is 25.0. The Bertz CT molecular complexity index is 3670. The average molecular weight is 1860 g/mol. The molecule has 4 aromatic heterocycles. The number of hydrogen-bond donors (Lipinski definition) is 4. The molecular weight excluding hydrogens is 1800 g/mol. The number of nitrogens with zero attached hydrogens (tertiary/aromatic N) is 7. The predicted molar refractivity (Wildman–Crippen MR) is 300 cm³/mol. The van der Waals surface area contributed by atoms with Crippen molar-refractivity contribution in [2.24, 2.45) is 0 Å². The molecule has 87 heavy (non-hydrogen) atoms. The Labute approximate surface area is 628 Å². The topological polar surface area (TPSA) is 225 Å². The molecule has 0 aliphatic rings. The van der Waals surface area contributed by atoms with Crippen LogP contribution in [0, 0.1) is 181 Å². The van der Waals surface area contributed by atoms with E-state index in [0.29, 0.717) is 13.1 Å². The van der Waals surface area contributed by atoms with Crippen LogP contribution in [0.2, 0.25) is 0 Å². The fraction of sp³-hybridized carbons (Fsp3) is 0.259. The van der Waals surface area contributed by atoms with Crippen LogP contribution < -0.4 is 66.8 Å². The van der Waals surface area contributed by atoms with Crippen molar-refractivity contribution in [1.29, 1.82) is 0 Å². The van der Waals surface area contributed by atoms with Crippen LogP contribution in [0.25, 0.3) is 22.3 Å². The number of ether oxygens (including phenoxy) is 2. The van der Waals surface area contributed by atoms with E-state index >= 15 is 8.78 Å². The number of hydrogen-bond acceptors (Lipinski definition) is 14. The number of carbonyl (C=O) groups excluding carboxylic acids is 1. The van der Waals surface area contributed by atoms with E-state index in [0.717, 1.165) is 53.9 Å². The number of aromatic nitrogens is 6. The van der Waals surface area contributed by atoms with Gasteiger partial charge in [-0.25, -0.2) is 35.9 Å². The van der Waals surface area contributed by atoms with E-state index in [9.17, 15) is 36.7 Å². The Kier molecular flexibility index (Phi) is 40.2. The van der Waals surface area contributed by atoms with Crippen molar-refractivity contribution in [2.75, 3.05) is 21.3 Å².